The normalized spacial score (nSPS) is 11.2. The molecule has 0 aliphatic heterocycles. The van der Waals surface area contributed by atoms with Gasteiger partial charge >= 0.3 is 5.97 Å². The predicted molar refractivity (Wildman–Crippen MR) is 105 cm³/mol. The Morgan fingerprint density at radius 2 is 1.92 bits per heavy atom. The van der Waals surface area contributed by atoms with E-state index in [4.69, 9.17) is 27.9 Å². The molecule has 1 heterocycles. The molecule has 0 bridgehead atoms. The number of fused-ring (bicyclic) bond motifs is 1. The maximum absolute atomic E-state index is 11.6. The van der Waals surface area contributed by atoms with Gasteiger partial charge in [0, 0.05) is 38.3 Å². The Hall–Kier alpha value is -2.50. The Morgan fingerprint density at radius 3 is 2.65 bits per heavy atom. The molecule has 0 unspecified atom stereocenters. The lowest BCUT2D eigenvalue weighted by molar-refractivity contribution is -0.141. The fourth-order valence-electron chi connectivity index (χ4n) is 2.65. The van der Waals surface area contributed by atoms with E-state index >= 15 is 0 Å². The number of nitrogens with zero attached hydrogens (tertiary/aromatic N) is 2. The fourth-order valence-corrected chi connectivity index (χ4v) is 3.18. The van der Waals surface area contributed by atoms with Gasteiger partial charge in [-0.1, -0.05) is 47.5 Å². The number of nitrogens with one attached hydrogen (secondary N) is 1. The van der Waals surface area contributed by atoms with Gasteiger partial charge in [-0.15, -0.1) is 0 Å². The summed E-state index contributed by atoms with van der Waals surface area (Å²) in [6, 6.07) is 13.2. The van der Waals surface area contributed by atoms with Crippen LogP contribution in [-0.4, -0.2) is 23.9 Å². The van der Waals surface area contributed by atoms with Gasteiger partial charge in [-0.2, -0.15) is 5.10 Å². The van der Waals surface area contributed by atoms with Crippen LogP contribution in [0.3, 0.4) is 0 Å². The van der Waals surface area contributed by atoms with Gasteiger partial charge in [-0.05, 0) is 18.2 Å². The van der Waals surface area contributed by atoms with Gasteiger partial charge in [-0.3, -0.25) is 4.79 Å². The molecule has 0 radical (unpaired) electrons. The van der Waals surface area contributed by atoms with Crippen molar-refractivity contribution in [2.45, 2.75) is 13.1 Å². The molecule has 0 spiro atoms. The van der Waals surface area contributed by atoms with Crippen molar-refractivity contribution in [3.8, 4) is 0 Å². The number of hydrogen-bond acceptors (Lipinski definition) is 4. The Balaban J connectivity index is 1.78. The van der Waals surface area contributed by atoms with Gasteiger partial charge in [0.1, 0.15) is 6.54 Å². The molecule has 0 aliphatic carbocycles. The second-order valence-electron chi connectivity index (χ2n) is 5.60. The van der Waals surface area contributed by atoms with Crippen molar-refractivity contribution in [3.63, 3.8) is 0 Å². The van der Waals surface area contributed by atoms with E-state index in [0.717, 1.165) is 22.0 Å². The molecule has 1 N–H and O–H groups in total. The highest BCUT2D eigenvalue weighted by molar-refractivity contribution is 6.35. The summed E-state index contributed by atoms with van der Waals surface area (Å²) in [4.78, 5) is 11.6. The van der Waals surface area contributed by atoms with Gasteiger partial charge in [0.25, 0.3) is 0 Å². The van der Waals surface area contributed by atoms with E-state index < -0.39 is 0 Å². The molecular weight excluding hydrogens is 373 g/mol. The number of para-hydroxylation sites is 1. The summed E-state index contributed by atoms with van der Waals surface area (Å²) in [6.07, 6.45) is 3.58. The molecule has 2 aromatic carbocycles. The average molecular weight is 390 g/mol. The molecule has 3 aromatic rings. The molecule has 5 nitrogen and oxygen atoms in total. The van der Waals surface area contributed by atoms with E-state index in [9.17, 15) is 4.79 Å². The number of rotatable bonds is 6. The molecule has 0 atom stereocenters. The summed E-state index contributed by atoms with van der Waals surface area (Å²) in [5.74, 6) is -0.305. The highest BCUT2D eigenvalue weighted by Gasteiger charge is 2.10. The first kappa shape index (κ1) is 18.3. The van der Waals surface area contributed by atoms with Crippen molar-refractivity contribution in [1.82, 2.24) is 9.99 Å². The van der Waals surface area contributed by atoms with Crippen molar-refractivity contribution in [2.75, 3.05) is 7.11 Å². The van der Waals surface area contributed by atoms with E-state index in [1.807, 2.05) is 35.0 Å². The molecule has 3 rings (SSSR count). The lowest BCUT2D eigenvalue weighted by Gasteiger charge is -2.05. The summed E-state index contributed by atoms with van der Waals surface area (Å²) in [5.41, 5.74) is 5.58. The van der Waals surface area contributed by atoms with Crippen LogP contribution < -0.4 is 5.43 Å². The zero-order valence-electron chi connectivity index (χ0n) is 14.1. The van der Waals surface area contributed by atoms with Crippen molar-refractivity contribution < 1.29 is 9.53 Å². The number of benzene rings is 2. The Morgan fingerprint density at radius 1 is 1.19 bits per heavy atom. The SMILES string of the molecule is COC(=O)Cn1cc(/C=N/NCc2c(Cl)cccc2Cl)c2ccccc21. The summed E-state index contributed by atoms with van der Waals surface area (Å²) < 4.78 is 6.59. The van der Waals surface area contributed by atoms with Crippen LogP contribution in [0.15, 0.2) is 53.8 Å². The molecule has 0 amide bonds. The third kappa shape index (κ3) is 4.00. The van der Waals surface area contributed by atoms with Gasteiger partial charge < -0.3 is 14.7 Å². The van der Waals surface area contributed by atoms with Crippen molar-refractivity contribution in [3.05, 3.63) is 69.8 Å². The summed E-state index contributed by atoms with van der Waals surface area (Å²) in [6.45, 7) is 0.559. The maximum atomic E-state index is 11.6. The van der Waals surface area contributed by atoms with Crippen molar-refractivity contribution in [1.29, 1.82) is 0 Å². The minimum Gasteiger partial charge on any atom is -0.468 e. The number of ether oxygens (including phenoxy) is 1. The number of halogens is 2. The van der Waals surface area contributed by atoms with E-state index in [0.29, 0.717) is 16.6 Å². The highest BCUT2D eigenvalue weighted by Crippen LogP contribution is 2.24. The summed E-state index contributed by atoms with van der Waals surface area (Å²) >= 11 is 12.3. The predicted octanol–water partition coefficient (Wildman–Crippen LogP) is 4.24. The standard InChI is InChI=1S/C19H17Cl2N3O2/c1-26-19(25)12-24-11-13(14-5-2-3-8-18(14)24)9-22-23-10-15-16(20)6-4-7-17(15)21/h2-9,11,23H,10,12H2,1H3/b22-9+. The van der Waals surface area contributed by atoms with E-state index in [1.165, 1.54) is 7.11 Å². The molecule has 26 heavy (non-hydrogen) atoms. The first-order valence-corrected chi connectivity index (χ1v) is 8.69. The number of aromatic nitrogens is 1. The van der Waals surface area contributed by atoms with E-state index in [-0.39, 0.29) is 12.5 Å². The van der Waals surface area contributed by atoms with Crippen LogP contribution in [0.4, 0.5) is 0 Å². The first-order chi connectivity index (χ1) is 12.6. The number of carbonyl (C=O) groups excluding carboxylic acids is 1. The average Bonchev–Trinajstić information content (AvgIpc) is 2.98. The summed E-state index contributed by atoms with van der Waals surface area (Å²) in [5, 5.41) is 6.44. The number of carbonyl (C=O) groups is 1. The number of hydrazone groups is 1. The van der Waals surface area contributed by atoms with Crippen LogP contribution in [0.2, 0.25) is 10.0 Å². The number of hydrogen-bond donors (Lipinski definition) is 1. The summed E-state index contributed by atoms with van der Waals surface area (Å²) in [7, 11) is 1.38. The van der Waals surface area contributed by atoms with Crippen LogP contribution >= 0.6 is 23.2 Å². The van der Waals surface area contributed by atoms with Crippen LogP contribution in [0.1, 0.15) is 11.1 Å². The largest absolute Gasteiger partial charge is 0.468 e. The number of esters is 1. The van der Waals surface area contributed by atoms with Gasteiger partial charge in [0.2, 0.25) is 0 Å². The minimum absolute atomic E-state index is 0.146. The zero-order valence-corrected chi connectivity index (χ0v) is 15.6. The minimum atomic E-state index is -0.305. The third-order valence-electron chi connectivity index (χ3n) is 3.96. The van der Waals surface area contributed by atoms with Crippen LogP contribution in [0, 0.1) is 0 Å². The lowest BCUT2D eigenvalue weighted by Crippen LogP contribution is -2.10. The Bertz CT molecular complexity index is 946. The van der Waals surface area contributed by atoms with Crippen molar-refractivity contribution in [2.24, 2.45) is 5.10 Å². The van der Waals surface area contributed by atoms with Gasteiger partial charge in [0.15, 0.2) is 0 Å². The topological polar surface area (TPSA) is 55.6 Å². The molecule has 0 fully saturated rings. The van der Waals surface area contributed by atoms with Crippen molar-refractivity contribution >= 4 is 46.3 Å². The van der Waals surface area contributed by atoms with E-state index in [2.05, 4.69) is 10.5 Å². The Kier molecular flexibility index (Phi) is 5.81. The molecular formula is C19H17Cl2N3O2. The maximum Gasteiger partial charge on any atom is 0.325 e. The van der Waals surface area contributed by atoms with Crippen LogP contribution in [-0.2, 0) is 22.6 Å². The molecule has 0 saturated heterocycles. The van der Waals surface area contributed by atoms with Crippen LogP contribution in [0.5, 0.6) is 0 Å². The smallest absolute Gasteiger partial charge is 0.325 e. The fraction of sp³-hybridized carbons (Fsp3) is 0.158. The van der Waals surface area contributed by atoms with Crippen LogP contribution in [0.25, 0.3) is 10.9 Å². The molecule has 0 aliphatic rings. The monoisotopic (exact) mass is 389 g/mol. The quantitative estimate of drug-likeness (QED) is 0.389. The van der Waals surface area contributed by atoms with E-state index in [1.54, 1.807) is 24.4 Å². The third-order valence-corrected chi connectivity index (χ3v) is 4.67. The number of methoxy groups -OCH3 is 1. The first-order valence-electron chi connectivity index (χ1n) is 7.93. The molecule has 1 aromatic heterocycles. The Labute approximate surface area is 161 Å². The highest BCUT2D eigenvalue weighted by atomic mass is 35.5. The molecule has 0 saturated carbocycles. The second kappa shape index (κ2) is 8.25. The molecule has 7 heteroatoms. The zero-order chi connectivity index (χ0) is 18.5. The lowest BCUT2D eigenvalue weighted by atomic mass is 10.2. The van der Waals surface area contributed by atoms with Gasteiger partial charge in [-0.25, -0.2) is 0 Å². The second-order valence-corrected chi connectivity index (χ2v) is 6.41. The molecule has 134 valence electrons. The van der Waals surface area contributed by atoms with Gasteiger partial charge in [0.05, 0.1) is 19.9 Å².